The molecule has 1 amide bonds. The van der Waals surface area contributed by atoms with Crippen molar-refractivity contribution in [3.8, 4) is 5.75 Å². The number of hydrogen-bond acceptors (Lipinski definition) is 3. The Kier molecular flexibility index (Phi) is 6.46. The Morgan fingerprint density at radius 2 is 1.93 bits per heavy atom. The second kappa shape index (κ2) is 9.01. The summed E-state index contributed by atoms with van der Waals surface area (Å²) in [5.41, 5.74) is 1.07. The van der Waals surface area contributed by atoms with Crippen LogP contribution in [0.2, 0.25) is 0 Å². The van der Waals surface area contributed by atoms with E-state index in [1.807, 2.05) is 38.1 Å². The Morgan fingerprint density at radius 1 is 1.21 bits per heavy atom. The molecule has 2 aromatic carbocycles. The summed E-state index contributed by atoms with van der Waals surface area (Å²) in [4.78, 5) is 15.9. The highest BCUT2D eigenvalue weighted by molar-refractivity contribution is 5.93. The van der Waals surface area contributed by atoms with E-state index in [1.165, 1.54) is 6.07 Å². The fraction of sp³-hybridized carbons (Fsp3) is 0.381. The van der Waals surface area contributed by atoms with Gasteiger partial charge in [0.2, 0.25) is 0 Å². The number of rotatable bonds is 6. The Bertz CT molecular complexity index is 823. The summed E-state index contributed by atoms with van der Waals surface area (Å²) < 4.78 is 32.5. The van der Waals surface area contributed by atoms with E-state index >= 15 is 0 Å². The molecule has 150 valence electrons. The SMILES string of the molecule is CCOc1ccccc1N1CC[NH+]([C@H](C)C(=O)Nc2ccc(F)cc2F)CC1. The molecular weight excluding hydrogens is 364 g/mol. The lowest BCUT2D eigenvalue weighted by molar-refractivity contribution is -0.914. The van der Waals surface area contributed by atoms with Crippen LogP contribution < -0.4 is 19.9 Å². The van der Waals surface area contributed by atoms with E-state index in [1.54, 1.807) is 0 Å². The summed E-state index contributed by atoms with van der Waals surface area (Å²) in [6.07, 6.45) is 0. The van der Waals surface area contributed by atoms with Crippen molar-refractivity contribution in [2.45, 2.75) is 19.9 Å². The van der Waals surface area contributed by atoms with Crippen molar-refractivity contribution in [3.63, 3.8) is 0 Å². The predicted octanol–water partition coefficient (Wildman–Crippen LogP) is 2.10. The standard InChI is InChI=1S/C21H25F2N3O2/c1-3-28-20-7-5-4-6-19(20)26-12-10-25(11-13-26)15(2)21(27)24-18-9-8-16(22)14-17(18)23/h4-9,14-15H,3,10-13H2,1-2H3,(H,24,27)/p+1/t15-/m1/s1. The van der Waals surface area contributed by atoms with E-state index in [9.17, 15) is 13.6 Å². The number of benzene rings is 2. The fourth-order valence-corrected chi connectivity index (χ4v) is 3.48. The van der Waals surface area contributed by atoms with Gasteiger partial charge in [0.15, 0.2) is 6.04 Å². The van der Waals surface area contributed by atoms with Crippen molar-refractivity contribution in [2.24, 2.45) is 0 Å². The number of amides is 1. The molecule has 0 spiro atoms. The summed E-state index contributed by atoms with van der Waals surface area (Å²) in [7, 11) is 0. The number of hydrogen-bond donors (Lipinski definition) is 2. The highest BCUT2D eigenvalue weighted by Gasteiger charge is 2.30. The minimum atomic E-state index is -0.770. The highest BCUT2D eigenvalue weighted by atomic mass is 19.1. The zero-order valence-corrected chi connectivity index (χ0v) is 16.2. The van der Waals surface area contributed by atoms with Gasteiger partial charge in [-0.1, -0.05) is 12.1 Å². The Balaban J connectivity index is 1.59. The van der Waals surface area contributed by atoms with E-state index in [2.05, 4.69) is 10.2 Å². The molecule has 28 heavy (non-hydrogen) atoms. The number of nitrogens with one attached hydrogen (secondary N) is 2. The highest BCUT2D eigenvalue weighted by Crippen LogP contribution is 2.27. The zero-order chi connectivity index (χ0) is 20.1. The van der Waals surface area contributed by atoms with E-state index in [-0.39, 0.29) is 17.6 Å². The molecule has 1 atom stereocenters. The van der Waals surface area contributed by atoms with Gasteiger partial charge >= 0.3 is 0 Å². The average molecular weight is 390 g/mol. The first kappa shape index (κ1) is 20.1. The Hall–Kier alpha value is -2.67. The van der Waals surface area contributed by atoms with Crippen LogP contribution in [0, 0.1) is 11.6 Å². The third kappa shape index (κ3) is 4.59. The number of carbonyl (C=O) groups excluding carboxylic acids is 1. The molecule has 2 N–H and O–H groups in total. The second-order valence-corrected chi connectivity index (χ2v) is 6.88. The molecule has 5 nitrogen and oxygen atoms in total. The number of carbonyl (C=O) groups is 1. The molecule has 7 heteroatoms. The van der Waals surface area contributed by atoms with Gasteiger partial charge in [-0.15, -0.1) is 0 Å². The second-order valence-electron chi connectivity index (χ2n) is 6.88. The van der Waals surface area contributed by atoms with Gasteiger partial charge in [0.05, 0.1) is 44.2 Å². The molecule has 1 heterocycles. The summed E-state index contributed by atoms with van der Waals surface area (Å²) in [5.74, 6) is -0.847. The summed E-state index contributed by atoms with van der Waals surface area (Å²) >= 11 is 0. The number of anilines is 2. The topological polar surface area (TPSA) is 46.0 Å². The van der Waals surface area contributed by atoms with Crippen LogP contribution in [-0.2, 0) is 4.79 Å². The maximum Gasteiger partial charge on any atom is 0.282 e. The molecular formula is C21H26F2N3O2+. The van der Waals surface area contributed by atoms with Crippen LogP contribution in [-0.4, -0.2) is 44.7 Å². The molecule has 2 aromatic rings. The van der Waals surface area contributed by atoms with Crippen LogP contribution in [0.25, 0.3) is 0 Å². The third-order valence-electron chi connectivity index (χ3n) is 5.11. The molecule has 1 aliphatic heterocycles. The van der Waals surface area contributed by atoms with Crippen LogP contribution in [0.15, 0.2) is 42.5 Å². The molecule has 1 fully saturated rings. The van der Waals surface area contributed by atoms with Gasteiger partial charge in [-0.2, -0.15) is 0 Å². The maximum absolute atomic E-state index is 13.8. The predicted molar refractivity (Wildman–Crippen MR) is 105 cm³/mol. The summed E-state index contributed by atoms with van der Waals surface area (Å²) in [6, 6.07) is 10.8. The lowest BCUT2D eigenvalue weighted by atomic mass is 10.2. The minimum absolute atomic E-state index is 0.00178. The lowest BCUT2D eigenvalue weighted by Gasteiger charge is -2.36. The Morgan fingerprint density at radius 3 is 2.61 bits per heavy atom. The van der Waals surface area contributed by atoms with Gasteiger partial charge in [0.25, 0.3) is 5.91 Å². The smallest absolute Gasteiger partial charge is 0.282 e. The van der Waals surface area contributed by atoms with Crippen molar-refractivity contribution < 1.29 is 23.2 Å². The van der Waals surface area contributed by atoms with Crippen LogP contribution in [0.5, 0.6) is 5.75 Å². The maximum atomic E-state index is 13.8. The zero-order valence-electron chi connectivity index (χ0n) is 16.2. The first-order valence-corrected chi connectivity index (χ1v) is 9.57. The number of para-hydroxylation sites is 2. The molecule has 0 aromatic heterocycles. The lowest BCUT2D eigenvalue weighted by Crippen LogP contribution is -3.19. The summed E-state index contributed by atoms with van der Waals surface area (Å²) in [6.45, 7) is 7.55. The molecule has 0 saturated carbocycles. The number of ether oxygens (including phenoxy) is 1. The monoisotopic (exact) mass is 390 g/mol. The molecule has 0 bridgehead atoms. The van der Waals surface area contributed by atoms with Crippen LogP contribution in [0.3, 0.4) is 0 Å². The first-order chi connectivity index (χ1) is 13.5. The number of nitrogens with zero attached hydrogens (tertiary/aromatic N) is 1. The molecule has 0 aliphatic carbocycles. The van der Waals surface area contributed by atoms with E-state index in [0.29, 0.717) is 6.61 Å². The summed E-state index contributed by atoms with van der Waals surface area (Å²) in [5, 5.41) is 2.57. The van der Waals surface area contributed by atoms with Gasteiger partial charge < -0.3 is 19.9 Å². The quantitative estimate of drug-likeness (QED) is 0.794. The largest absolute Gasteiger partial charge is 0.492 e. The number of piperazine rings is 1. The van der Waals surface area contributed by atoms with Gasteiger partial charge in [-0.05, 0) is 38.1 Å². The van der Waals surface area contributed by atoms with E-state index in [0.717, 1.165) is 54.6 Å². The van der Waals surface area contributed by atoms with Crippen molar-refractivity contribution in [1.29, 1.82) is 0 Å². The van der Waals surface area contributed by atoms with Crippen LogP contribution in [0.1, 0.15) is 13.8 Å². The molecule has 0 radical (unpaired) electrons. The normalized spacial score (nSPS) is 15.9. The average Bonchev–Trinajstić information content (AvgIpc) is 2.70. The van der Waals surface area contributed by atoms with Gasteiger partial charge in [-0.3, -0.25) is 4.79 Å². The number of quaternary nitrogens is 1. The molecule has 3 rings (SSSR count). The van der Waals surface area contributed by atoms with Crippen LogP contribution in [0.4, 0.5) is 20.2 Å². The molecule has 1 aliphatic rings. The van der Waals surface area contributed by atoms with Gasteiger partial charge in [0, 0.05) is 6.07 Å². The first-order valence-electron chi connectivity index (χ1n) is 9.57. The fourth-order valence-electron chi connectivity index (χ4n) is 3.48. The molecule has 0 unspecified atom stereocenters. The van der Waals surface area contributed by atoms with Crippen molar-refractivity contribution in [2.75, 3.05) is 43.0 Å². The van der Waals surface area contributed by atoms with Crippen molar-refractivity contribution in [3.05, 3.63) is 54.1 Å². The van der Waals surface area contributed by atoms with E-state index < -0.39 is 11.6 Å². The minimum Gasteiger partial charge on any atom is -0.492 e. The van der Waals surface area contributed by atoms with E-state index in [4.69, 9.17) is 4.74 Å². The Labute approximate surface area is 163 Å². The van der Waals surface area contributed by atoms with Crippen LogP contribution >= 0.6 is 0 Å². The van der Waals surface area contributed by atoms with Crippen molar-refractivity contribution >= 4 is 17.3 Å². The van der Waals surface area contributed by atoms with Crippen molar-refractivity contribution in [1.82, 2.24) is 0 Å². The third-order valence-corrected chi connectivity index (χ3v) is 5.11. The molecule has 1 saturated heterocycles. The number of halogens is 2. The van der Waals surface area contributed by atoms with Gasteiger partial charge in [0.1, 0.15) is 17.4 Å². The van der Waals surface area contributed by atoms with Gasteiger partial charge in [-0.25, -0.2) is 8.78 Å².